The molecule has 2 aliphatic rings. The van der Waals surface area contributed by atoms with E-state index in [2.05, 4.69) is 9.37 Å². The summed E-state index contributed by atoms with van der Waals surface area (Å²) in [6.07, 6.45) is -6.18. The zero-order chi connectivity index (χ0) is 28.1. The van der Waals surface area contributed by atoms with Gasteiger partial charge in [-0.05, 0) is 13.8 Å². The molecule has 0 aliphatic carbocycles. The molecule has 0 unspecified atom stereocenters. The van der Waals surface area contributed by atoms with Crippen molar-refractivity contribution < 1.29 is 72.0 Å². The predicted molar refractivity (Wildman–Crippen MR) is 132 cm³/mol. The Hall–Kier alpha value is 0.1000. The number of methoxy groups -OCH3 is 3. The largest absolute Gasteiger partial charge is 0.391 e. The molecule has 0 aromatic rings. The fourth-order valence-electron chi connectivity index (χ4n) is 4.34. The maximum atomic E-state index is 10.3. The molecule has 2 fully saturated rings. The molecular weight excluding hydrogens is 556 g/mol. The Morgan fingerprint density at radius 3 is 2.34 bits per heavy atom. The lowest BCUT2D eigenvalue weighted by atomic mass is 9.97. The van der Waals surface area contributed by atoms with Gasteiger partial charge in [-0.3, -0.25) is 4.18 Å². The Balaban J connectivity index is 2.40. The number of hydrogen-bond acceptors (Lipinski definition) is 16. The van der Waals surface area contributed by atoms with Crippen LogP contribution in [0.2, 0.25) is 0 Å². The van der Waals surface area contributed by atoms with E-state index in [-0.39, 0.29) is 39.3 Å². The summed E-state index contributed by atoms with van der Waals surface area (Å²) in [7, 11) is 3.78. The fraction of sp³-hybridized carbons (Fsp3) is 1.00. The minimum absolute atomic E-state index is 0.0000528. The van der Waals surface area contributed by atoms with Crippen LogP contribution in [-0.4, -0.2) is 141 Å². The number of hydrogen-bond donors (Lipinski definition) is 4. The zero-order valence-electron chi connectivity index (χ0n) is 22.2. The maximum Gasteiger partial charge on any atom is 0.198 e. The van der Waals surface area contributed by atoms with Crippen LogP contribution in [0.3, 0.4) is 0 Å². The van der Waals surface area contributed by atoms with Crippen molar-refractivity contribution in [3.8, 4) is 0 Å². The highest BCUT2D eigenvalue weighted by Crippen LogP contribution is 2.37. The molecule has 0 radical (unpaired) electrons. The van der Waals surface area contributed by atoms with Crippen LogP contribution in [0.25, 0.3) is 0 Å². The highest BCUT2D eigenvalue weighted by atomic mass is 32.2. The van der Waals surface area contributed by atoms with E-state index in [1.54, 1.807) is 13.8 Å². The standard InChI is InChI=1S/C21H40O15S2/c1-21(2)32-15(9-38-8-13(23)17(24)16(38)6-22)19(34-37-36-35-25)20(33-21)18(31-12-28-5)14(30-11-27-4)7-29-10-26-3/h13-20,22-24H,6-12H2,1-5H3/p+1/t13-,14-,15-,16-,17+,18+,19-,20+,38+/m1/s1. The third kappa shape index (κ3) is 10.2. The zero-order valence-corrected chi connectivity index (χ0v) is 23.8. The summed E-state index contributed by atoms with van der Waals surface area (Å²) in [6.45, 7) is 2.95. The lowest BCUT2D eigenvalue weighted by molar-refractivity contribution is -0.435. The number of aliphatic hydroxyl groups excluding tert-OH is 3. The van der Waals surface area contributed by atoms with Crippen LogP contribution in [0.4, 0.5) is 0 Å². The van der Waals surface area contributed by atoms with Gasteiger partial charge in [-0.2, -0.15) is 0 Å². The first-order valence-corrected chi connectivity index (χ1v) is 14.1. The second kappa shape index (κ2) is 17.8. The highest BCUT2D eigenvalue weighted by molar-refractivity contribution is 7.97. The van der Waals surface area contributed by atoms with Crippen LogP contribution in [0.5, 0.6) is 0 Å². The van der Waals surface area contributed by atoms with E-state index in [9.17, 15) is 15.3 Å². The summed E-state index contributed by atoms with van der Waals surface area (Å²) in [5, 5.41) is 42.2. The van der Waals surface area contributed by atoms with Crippen LogP contribution in [0.1, 0.15) is 13.8 Å². The van der Waals surface area contributed by atoms with Gasteiger partial charge in [0.1, 0.15) is 74.6 Å². The fourth-order valence-corrected chi connectivity index (χ4v) is 7.46. The van der Waals surface area contributed by atoms with Gasteiger partial charge in [0.2, 0.25) is 0 Å². The van der Waals surface area contributed by atoms with Crippen molar-refractivity contribution in [3.05, 3.63) is 0 Å². The van der Waals surface area contributed by atoms with Gasteiger partial charge in [0, 0.05) is 32.2 Å². The molecule has 226 valence electrons. The molecule has 4 N–H and O–H groups in total. The average molecular weight is 598 g/mol. The van der Waals surface area contributed by atoms with Crippen molar-refractivity contribution in [2.75, 3.05) is 66.4 Å². The van der Waals surface area contributed by atoms with Crippen LogP contribution in [-0.2, 0) is 62.3 Å². The molecule has 2 saturated heterocycles. The van der Waals surface area contributed by atoms with Gasteiger partial charge in [0.25, 0.3) is 0 Å². The molecule has 9 atom stereocenters. The summed E-state index contributed by atoms with van der Waals surface area (Å²) < 4.78 is 55.4. The van der Waals surface area contributed by atoms with Crippen LogP contribution < -0.4 is 0 Å². The predicted octanol–water partition coefficient (Wildman–Crippen LogP) is -0.811. The number of rotatable bonds is 19. The molecule has 17 heteroatoms. The van der Waals surface area contributed by atoms with Crippen molar-refractivity contribution in [3.63, 3.8) is 0 Å². The molecule has 0 bridgehead atoms. The van der Waals surface area contributed by atoms with E-state index >= 15 is 0 Å². The van der Waals surface area contributed by atoms with Crippen LogP contribution >= 0.6 is 12.3 Å². The smallest absolute Gasteiger partial charge is 0.198 e. The van der Waals surface area contributed by atoms with Crippen molar-refractivity contribution in [2.24, 2.45) is 0 Å². The van der Waals surface area contributed by atoms with Gasteiger partial charge < -0.3 is 53.2 Å². The number of aliphatic hydroxyl groups is 3. The van der Waals surface area contributed by atoms with E-state index in [1.807, 2.05) is 0 Å². The molecule has 2 rings (SSSR count). The van der Waals surface area contributed by atoms with Crippen LogP contribution in [0.15, 0.2) is 0 Å². The molecule has 0 amide bonds. The Morgan fingerprint density at radius 1 is 1.03 bits per heavy atom. The molecule has 0 aromatic heterocycles. The van der Waals surface area contributed by atoms with E-state index in [0.717, 1.165) is 0 Å². The number of ether oxygens (including phenoxy) is 8. The van der Waals surface area contributed by atoms with Crippen molar-refractivity contribution in [2.45, 2.75) is 67.6 Å². The summed E-state index contributed by atoms with van der Waals surface area (Å²) in [6, 6.07) is 0. The first-order chi connectivity index (χ1) is 18.2. The monoisotopic (exact) mass is 597 g/mol. The first-order valence-electron chi connectivity index (χ1n) is 11.8. The normalized spacial score (nSPS) is 32.9. The lowest BCUT2D eigenvalue weighted by Gasteiger charge is -2.47. The quantitative estimate of drug-likeness (QED) is 0.0362. The van der Waals surface area contributed by atoms with Crippen molar-refractivity contribution >= 4 is 23.2 Å². The summed E-state index contributed by atoms with van der Waals surface area (Å²) in [5.41, 5.74) is 0. The summed E-state index contributed by atoms with van der Waals surface area (Å²) in [4.78, 5) is 0. The summed E-state index contributed by atoms with van der Waals surface area (Å²) in [5.74, 6) is -0.561. The van der Waals surface area contributed by atoms with E-state index in [0.29, 0.717) is 18.1 Å². The SMILES string of the molecule is COCOC[C@@H](OCOC)[C@H](OCOC)[C@@H]1OC(C)(C)O[C@H](C[S@+]2C[C@@H](O)[C@H](O)[C@H]2CO)[C@H]1OSOOO. The molecule has 2 heterocycles. The Labute approximate surface area is 229 Å². The second-order valence-corrected chi connectivity index (χ2v) is 11.8. The third-order valence-electron chi connectivity index (χ3n) is 5.85. The molecule has 38 heavy (non-hydrogen) atoms. The molecule has 0 spiro atoms. The molecular formula is C21H41O15S2+. The lowest BCUT2D eigenvalue weighted by Crippen LogP contribution is -2.63. The average Bonchev–Trinajstić information content (AvgIpc) is 3.14. The highest BCUT2D eigenvalue weighted by Gasteiger charge is 2.56. The molecule has 15 nitrogen and oxygen atoms in total. The minimum Gasteiger partial charge on any atom is -0.391 e. The maximum absolute atomic E-state index is 10.3. The van der Waals surface area contributed by atoms with Gasteiger partial charge in [0.15, 0.2) is 23.4 Å². The van der Waals surface area contributed by atoms with Crippen molar-refractivity contribution in [1.29, 1.82) is 0 Å². The van der Waals surface area contributed by atoms with E-state index in [1.165, 1.54) is 21.3 Å². The third-order valence-corrected chi connectivity index (χ3v) is 9.08. The summed E-state index contributed by atoms with van der Waals surface area (Å²) >= 11 is 0.344. The second-order valence-electron chi connectivity index (χ2n) is 8.99. The van der Waals surface area contributed by atoms with E-state index < -0.39 is 64.7 Å². The Morgan fingerprint density at radius 2 is 1.71 bits per heavy atom. The topological polar surface area (TPSA) is 182 Å². The van der Waals surface area contributed by atoms with Gasteiger partial charge in [0.05, 0.1) is 13.2 Å². The van der Waals surface area contributed by atoms with Gasteiger partial charge in [-0.25, -0.2) is 5.26 Å². The van der Waals surface area contributed by atoms with Crippen LogP contribution in [0, 0.1) is 0 Å². The van der Waals surface area contributed by atoms with Gasteiger partial charge in [-0.1, -0.05) is 5.04 Å². The minimum atomic E-state index is -1.14. The van der Waals surface area contributed by atoms with Gasteiger partial charge >= 0.3 is 0 Å². The Bertz CT molecular complexity index is 635. The van der Waals surface area contributed by atoms with E-state index in [4.69, 9.17) is 47.3 Å². The molecule has 2 aliphatic heterocycles. The van der Waals surface area contributed by atoms with Crippen molar-refractivity contribution in [1.82, 2.24) is 0 Å². The molecule has 0 saturated carbocycles. The first kappa shape index (κ1) is 34.3. The van der Waals surface area contributed by atoms with Gasteiger partial charge in [-0.15, -0.1) is 4.33 Å². The Kier molecular flexibility index (Phi) is 16.1. The molecule has 0 aromatic carbocycles.